The highest BCUT2D eigenvalue weighted by atomic mass is 19.1. The predicted molar refractivity (Wildman–Crippen MR) is 51.7 cm³/mol. The summed E-state index contributed by atoms with van der Waals surface area (Å²) < 4.78 is 12.1. The van der Waals surface area contributed by atoms with Crippen LogP contribution in [0.2, 0.25) is 0 Å². The van der Waals surface area contributed by atoms with E-state index in [1.807, 2.05) is 20.0 Å². The van der Waals surface area contributed by atoms with Gasteiger partial charge in [-0.15, -0.1) is 0 Å². The lowest BCUT2D eigenvalue weighted by Crippen LogP contribution is -2.03. The Morgan fingerprint density at radius 3 is 2.50 bits per heavy atom. The molecule has 0 atom stereocenters. The molecule has 0 bridgehead atoms. The molecular formula is C10H16FN. The van der Waals surface area contributed by atoms with Gasteiger partial charge in [0.15, 0.2) is 0 Å². The normalized spacial score (nSPS) is 12.9. The van der Waals surface area contributed by atoms with E-state index in [0.29, 0.717) is 5.57 Å². The topological polar surface area (TPSA) is 12.0 Å². The molecule has 0 saturated heterocycles. The minimum Gasteiger partial charge on any atom is -0.391 e. The smallest absolute Gasteiger partial charge is 0.114 e. The molecule has 0 radical (unpaired) electrons. The van der Waals surface area contributed by atoms with E-state index in [1.165, 1.54) is 6.08 Å². The van der Waals surface area contributed by atoms with Crippen LogP contribution < -0.4 is 5.32 Å². The van der Waals surface area contributed by atoms with Crippen molar-refractivity contribution in [3.05, 3.63) is 36.1 Å². The van der Waals surface area contributed by atoms with Gasteiger partial charge < -0.3 is 5.32 Å². The lowest BCUT2D eigenvalue weighted by molar-refractivity contribution is 0.549. The largest absolute Gasteiger partial charge is 0.391 e. The van der Waals surface area contributed by atoms with Crippen LogP contribution in [0.25, 0.3) is 0 Å². The molecule has 2 heteroatoms. The van der Waals surface area contributed by atoms with E-state index in [9.17, 15) is 4.39 Å². The van der Waals surface area contributed by atoms with Crippen molar-refractivity contribution in [1.82, 2.24) is 5.32 Å². The van der Waals surface area contributed by atoms with Gasteiger partial charge in [-0.25, -0.2) is 4.39 Å². The molecule has 0 aliphatic carbocycles. The van der Waals surface area contributed by atoms with Gasteiger partial charge in [-0.1, -0.05) is 25.7 Å². The number of nitrogens with one attached hydrogen (secondary N) is 1. The minimum atomic E-state index is -0.458. The summed E-state index contributed by atoms with van der Waals surface area (Å²) in [7, 11) is 1.85. The van der Waals surface area contributed by atoms with E-state index < -0.39 is 6.67 Å². The SMILES string of the molecule is C=C/C(=C\C=C(/CC)NC)CF. The fourth-order valence-electron chi connectivity index (χ4n) is 0.753. The summed E-state index contributed by atoms with van der Waals surface area (Å²) in [6, 6.07) is 0. The molecule has 0 amide bonds. The van der Waals surface area contributed by atoms with Crippen molar-refractivity contribution < 1.29 is 4.39 Å². The summed E-state index contributed by atoms with van der Waals surface area (Å²) in [6.07, 6.45) is 6.06. The molecule has 68 valence electrons. The molecule has 0 fully saturated rings. The van der Waals surface area contributed by atoms with Gasteiger partial charge in [-0.3, -0.25) is 0 Å². The van der Waals surface area contributed by atoms with Crippen LogP contribution in [0.3, 0.4) is 0 Å². The highest BCUT2D eigenvalue weighted by molar-refractivity contribution is 5.24. The minimum absolute atomic E-state index is 0.458. The molecule has 0 saturated carbocycles. The van der Waals surface area contributed by atoms with Crippen LogP contribution in [0.15, 0.2) is 36.1 Å². The molecule has 0 aromatic carbocycles. The van der Waals surface area contributed by atoms with Crippen molar-refractivity contribution in [1.29, 1.82) is 0 Å². The second kappa shape index (κ2) is 6.65. The number of rotatable bonds is 5. The van der Waals surface area contributed by atoms with Crippen LogP contribution in [0, 0.1) is 0 Å². The van der Waals surface area contributed by atoms with Gasteiger partial charge in [0.25, 0.3) is 0 Å². The summed E-state index contributed by atoms with van der Waals surface area (Å²) in [6.45, 7) is 5.09. The second-order valence-electron chi connectivity index (χ2n) is 2.37. The quantitative estimate of drug-likeness (QED) is 0.624. The molecule has 0 aromatic rings. The molecule has 1 N–H and O–H groups in total. The summed E-state index contributed by atoms with van der Waals surface area (Å²) in [5, 5.41) is 3.02. The highest BCUT2D eigenvalue weighted by Crippen LogP contribution is 2.00. The van der Waals surface area contributed by atoms with E-state index in [4.69, 9.17) is 0 Å². The first-order valence-electron chi connectivity index (χ1n) is 4.04. The van der Waals surface area contributed by atoms with Crippen LogP contribution in [0.5, 0.6) is 0 Å². The Balaban J connectivity index is 4.30. The highest BCUT2D eigenvalue weighted by Gasteiger charge is 1.88. The summed E-state index contributed by atoms with van der Waals surface area (Å²) >= 11 is 0. The van der Waals surface area contributed by atoms with E-state index in [-0.39, 0.29) is 0 Å². The van der Waals surface area contributed by atoms with Gasteiger partial charge in [-0.2, -0.15) is 0 Å². The number of hydrogen-bond acceptors (Lipinski definition) is 1. The first-order valence-corrected chi connectivity index (χ1v) is 4.04. The van der Waals surface area contributed by atoms with Crippen LogP contribution in [-0.4, -0.2) is 13.7 Å². The Labute approximate surface area is 73.7 Å². The van der Waals surface area contributed by atoms with Crippen molar-refractivity contribution in [2.45, 2.75) is 13.3 Å². The molecule has 0 spiro atoms. The van der Waals surface area contributed by atoms with Gasteiger partial charge in [0.1, 0.15) is 6.67 Å². The first-order chi connectivity index (χ1) is 5.78. The Bertz CT molecular complexity index is 186. The maximum absolute atomic E-state index is 12.1. The molecule has 12 heavy (non-hydrogen) atoms. The Kier molecular flexibility index (Phi) is 6.07. The van der Waals surface area contributed by atoms with E-state index in [1.54, 1.807) is 6.08 Å². The number of allylic oxidation sites excluding steroid dienone is 5. The molecule has 0 aromatic heterocycles. The second-order valence-corrected chi connectivity index (χ2v) is 2.37. The zero-order chi connectivity index (χ0) is 9.40. The van der Waals surface area contributed by atoms with E-state index >= 15 is 0 Å². The first kappa shape index (κ1) is 11.0. The van der Waals surface area contributed by atoms with Crippen molar-refractivity contribution in [3.63, 3.8) is 0 Å². The van der Waals surface area contributed by atoms with Gasteiger partial charge in [0.05, 0.1) is 0 Å². The molecule has 0 heterocycles. The summed E-state index contributed by atoms with van der Waals surface area (Å²) in [4.78, 5) is 0. The molecule has 1 nitrogen and oxygen atoms in total. The third-order valence-corrected chi connectivity index (χ3v) is 1.62. The maximum Gasteiger partial charge on any atom is 0.114 e. The fourth-order valence-corrected chi connectivity index (χ4v) is 0.753. The van der Waals surface area contributed by atoms with Gasteiger partial charge in [-0.05, 0) is 18.1 Å². The Morgan fingerprint density at radius 1 is 1.50 bits per heavy atom. The monoisotopic (exact) mass is 169 g/mol. The molecule has 0 rings (SSSR count). The van der Waals surface area contributed by atoms with Crippen molar-refractivity contribution in [3.8, 4) is 0 Å². The number of alkyl halides is 1. The van der Waals surface area contributed by atoms with Crippen LogP contribution in [0.4, 0.5) is 4.39 Å². The zero-order valence-corrected chi connectivity index (χ0v) is 7.73. The Hall–Kier alpha value is -1.05. The van der Waals surface area contributed by atoms with Crippen molar-refractivity contribution >= 4 is 0 Å². The molecule has 0 aliphatic heterocycles. The summed E-state index contributed by atoms with van der Waals surface area (Å²) in [5.74, 6) is 0. The molecular weight excluding hydrogens is 153 g/mol. The zero-order valence-electron chi connectivity index (χ0n) is 7.73. The molecule has 0 unspecified atom stereocenters. The van der Waals surface area contributed by atoms with Gasteiger partial charge in [0.2, 0.25) is 0 Å². The Morgan fingerprint density at radius 2 is 2.17 bits per heavy atom. The third-order valence-electron chi connectivity index (χ3n) is 1.62. The lowest BCUT2D eigenvalue weighted by Gasteiger charge is -2.00. The van der Waals surface area contributed by atoms with Crippen LogP contribution in [0.1, 0.15) is 13.3 Å². The lowest BCUT2D eigenvalue weighted by atomic mass is 10.2. The van der Waals surface area contributed by atoms with Gasteiger partial charge >= 0.3 is 0 Å². The van der Waals surface area contributed by atoms with Crippen molar-refractivity contribution in [2.75, 3.05) is 13.7 Å². The fraction of sp³-hybridized carbons (Fsp3) is 0.400. The van der Waals surface area contributed by atoms with E-state index in [2.05, 4.69) is 11.9 Å². The number of hydrogen-bond donors (Lipinski definition) is 1. The third kappa shape index (κ3) is 3.96. The average Bonchev–Trinajstić information content (AvgIpc) is 2.13. The maximum atomic E-state index is 12.1. The standard InChI is InChI=1S/C10H16FN/c1-4-9(8-11)6-7-10(5-2)12-3/h4,6-7,12H,1,5,8H2,2-3H3/b9-6+,10-7+. The molecule has 0 aliphatic rings. The van der Waals surface area contributed by atoms with E-state index in [0.717, 1.165) is 12.1 Å². The van der Waals surface area contributed by atoms with Crippen LogP contribution >= 0.6 is 0 Å². The predicted octanol–water partition coefficient (Wildman–Crippen LogP) is 2.58. The number of halogens is 1. The average molecular weight is 169 g/mol. The van der Waals surface area contributed by atoms with Gasteiger partial charge in [0, 0.05) is 12.7 Å². The van der Waals surface area contributed by atoms with Crippen LogP contribution in [-0.2, 0) is 0 Å². The van der Waals surface area contributed by atoms with Crippen molar-refractivity contribution in [2.24, 2.45) is 0 Å². The summed E-state index contributed by atoms with van der Waals surface area (Å²) in [5.41, 5.74) is 1.69.